The van der Waals surface area contributed by atoms with Gasteiger partial charge in [-0.05, 0) is 24.6 Å². The standard InChI is InChI=1S/C13H13F2NO2/c14-10-3-4-12(15)9(6-10)7-13(18)16-5-1-2-11(17)8-16/h3-4,6H,1-2,5,7-8H2. The summed E-state index contributed by atoms with van der Waals surface area (Å²) in [6.45, 7) is 0.581. The zero-order valence-electron chi connectivity index (χ0n) is 9.79. The van der Waals surface area contributed by atoms with E-state index in [4.69, 9.17) is 0 Å². The molecule has 18 heavy (non-hydrogen) atoms. The summed E-state index contributed by atoms with van der Waals surface area (Å²) in [6, 6.07) is 3.02. The van der Waals surface area contributed by atoms with E-state index in [0.29, 0.717) is 19.4 Å². The minimum Gasteiger partial charge on any atom is -0.335 e. The van der Waals surface area contributed by atoms with Crippen molar-refractivity contribution in [3.8, 4) is 0 Å². The van der Waals surface area contributed by atoms with Crippen LogP contribution in [0.2, 0.25) is 0 Å². The van der Waals surface area contributed by atoms with Crippen LogP contribution in [0, 0.1) is 11.6 Å². The van der Waals surface area contributed by atoms with Crippen molar-refractivity contribution in [2.45, 2.75) is 19.3 Å². The van der Waals surface area contributed by atoms with Gasteiger partial charge in [0.1, 0.15) is 11.6 Å². The average Bonchev–Trinajstić information content (AvgIpc) is 2.34. The van der Waals surface area contributed by atoms with Crippen molar-refractivity contribution in [3.63, 3.8) is 0 Å². The van der Waals surface area contributed by atoms with E-state index in [9.17, 15) is 18.4 Å². The maximum atomic E-state index is 13.4. The second-order valence-corrected chi connectivity index (χ2v) is 4.37. The van der Waals surface area contributed by atoms with Gasteiger partial charge in [0, 0.05) is 18.5 Å². The summed E-state index contributed by atoms with van der Waals surface area (Å²) in [6.07, 6.45) is 0.908. The van der Waals surface area contributed by atoms with Gasteiger partial charge in [0.25, 0.3) is 0 Å². The van der Waals surface area contributed by atoms with Crippen molar-refractivity contribution in [1.82, 2.24) is 4.90 Å². The molecular weight excluding hydrogens is 240 g/mol. The molecule has 0 N–H and O–H groups in total. The number of benzene rings is 1. The lowest BCUT2D eigenvalue weighted by atomic mass is 10.1. The molecule has 0 saturated carbocycles. The van der Waals surface area contributed by atoms with Crippen LogP contribution in [-0.4, -0.2) is 29.7 Å². The lowest BCUT2D eigenvalue weighted by molar-refractivity contribution is -0.137. The number of Topliss-reactive ketones (excluding diaryl/α,β-unsaturated/α-hetero) is 1. The molecule has 1 aliphatic heterocycles. The maximum Gasteiger partial charge on any atom is 0.227 e. The number of ketones is 1. The Labute approximate surface area is 103 Å². The number of carbonyl (C=O) groups is 2. The number of amides is 1. The van der Waals surface area contributed by atoms with Crippen molar-refractivity contribution in [2.75, 3.05) is 13.1 Å². The third-order valence-electron chi connectivity index (χ3n) is 2.95. The summed E-state index contributed by atoms with van der Waals surface area (Å²) < 4.78 is 26.3. The molecule has 0 bridgehead atoms. The summed E-state index contributed by atoms with van der Waals surface area (Å²) in [5, 5.41) is 0. The van der Waals surface area contributed by atoms with Crippen LogP contribution in [0.4, 0.5) is 8.78 Å². The zero-order valence-corrected chi connectivity index (χ0v) is 9.79. The Morgan fingerprint density at radius 1 is 1.33 bits per heavy atom. The Morgan fingerprint density at radius 2 is 2.11 bits per heavy atom. The van der Waals surface area contributed by atoms with Gasteiger partial charge in [-0.3, -0.25) is 9.59 Å². The quantitative estimate of drug-likeness (QED) is 0.804. The van der Waals surface area contributed by atoms with Gasteiger partial charge in [-0.25, -0.2) is 8.78 Å². The van der Waals surface area contributed by atoms with Crippen LogP contribution < -0.4 is 0 Å². The molecule has 1 aromatic rings. The monoisotopic (exact) mass is 253 g/mol. The minimum atomic E-state index is -0.604. The number of carbonyl (C=O) groups excluding carboxylic acids is 2. The van der Waals surface area contributed by atoms with E-state index in [-0.39, 0.29) is 30.2 Å². The number of hydrogen-bond donors (Lipinski definition) is 0. The van der Waals surface area contributed by atoms with Gasteiger partial charge in [-0.15, -0.1) is 0 Å². The van der Waals surface area contributed by atoms with Gasteiger partial charge in [-0.2, -0.15) is 0 Å². The van der Waals surface area contributed by atoms with Gasteiger partial charge in [0.15, 0.2) is 5.78 Å². The largest absolute Gasteiger partial charge is 0.335 e. The summed E-state index contributed by atoms with van der Waals surface area (Å²) in [5.74, 6) is -1.51. The number of hydrogen-bond acceptors (Lipinski definition) is 2. The fourth-order valence-electron chi connectivity index (χ4n) is 2.00. The van der Waals surface area contributed by atoms with E-state index >= 15 is 0 Å². The molecule has 0 unspecified atom stereocenters. The summed E-state index contributed by atoms with van der Waals surface area (Å²) in [4.78, 5) is 24.5. The minimum absolute atomic E-state index is 0.00862. The summed E-state index contributed by atoms with van der Waals surface area (Å²) >= 11 is 0. The van der Waals surface area contributed by atoms with E-state index in [1.165, 1.54) is 4.90 Å². The Bertz CT molecular complexity index is 488. The van der Waals surface area contributed by atoms with Crippen LogP contribution in [-0.2, 0) is 16.0 Å². The van der Waals surface area contributed by atoms with Crippen molar-refractivity contribution in [2.24, 2.45) is 0 Å². The zero-order chi connectivity index (χ0) is 13.1. The van der Waals surface area contributed by atoms with Crippen LogP contribution in [0.3, 0.4) is 0 Å². The van der Waals surface area contributed by atoms with Gasteiger partial charge in [0.2, 0.25) is 5.91 Å². The molecule has 3 nitrogen and oxygen atoms in total. The second-order valence-electron chi connectivity index (χ2n) is 4.37. The SMILES string of the molecule is O=C1CCCN(C(=O)Cc2cc(F)ccc2F)C1. The van der Waals surface area contributed by atoms with E-state index in [1.54, 1.807) is 0 Å². The highest BCUT2D eigenvalue weighted by Crippen LogP contribution is 2.13. The molecule has 0 aromatic heterocycles. The average molecular weight is 253 g/mol. The third-order valence-corrected chi connectivity index (χ3v) is 2.95. The summed E-state index contributed by atoms with van der Waals surface area (Å²) in [7, 11) is 0. The lowest BCUT2D eigenvalue weighted by Gasteiger charge is -2.25. The molecule has 0 atom stereocenters. The van der Waals surface area contributed by atoms with E-state index in [1.807, 2.05) is 0 Å². The number of rotatable bonds is 2. The number of halogens is 2. The molecule has 1 aliphatic rings. The van der Waals surface area contributed by atoms with Gasteiger partial charge in [0.05, 0.1) is 13.0 Å². The predicted octanol–water partition coefficient (Wildman–Crippen LogP) is 1.70. The van der Waals surface area contributed by atoms with Gasteiger partial charge < -0.3 is 4.90 Å². The van der Waals surface area contributed by atoms with E-state index < -0.39 is 11.6 Å². The van der Waals surface area contributed by atoms with Crippen LogP contribution >= 0.6 is 0 Å². The van der Waals surface area contributed by atoms with Gasteiger partial charge in [-0.1, -0.05) is 0 Å². The smallest absolute Gasteiger partial charge is 0.227 e. The number of piperidine rings is 1. The highest BCUT2D eigenvalue weighted by atomic mass is 19.1. The number of likely N-dealkylation sites (tertiary alicyclic amines) is 1. The molecule has 1 heterocycles. The first-order valence-electron chi connectivity index (χ1n) is 5.79. The molecule has 96 valence electrons. The predicted molar refractivity (Wildman–Crippen MR) is 60.9 cm³/mol. The normalized spacial score (nSPS) is 15.9. The van der Waals surface area contributed by atoms with Crippen molar-refractivity contribution >= 4 is 11.7 Å². The van der Waals surface area contributed by atoms with Gasteiger partial charge >= 0.3 is 0 Å². The third kappa shape index (κ3) is 2.91. The molecule has 2 rings (SSSR count). The van der Waals surface area contributed by atoms with E-state index in [2.05, 4.69) is 0 Å². The van der Waals surface area contributed by atoms with Crippen LogP contribution in [0.1, 0.15) is 18.4 Å². The fraction of sp³-hybridized carbons (Fsp3) is 0.385. The summed E-state index contributed by atoms with van der Waals surface area (Å²) in [5.41, 5.74) is 0.0259. The maximum absolute atomic E-state index is 13.4. The van der Waals surface area contributed by atoms with Crippen molar-refractivity contribution in [3.05, 3.63) is 35.4 Å². The highest BCUT2D eigenvalue weighted by molar-refractivity contribution is 5.88. The second kappa shape index (κ2) is 5.25. The highest BCUT2D eigenvalue weighted by Gasteiger charge is 2.22. The van der Waals surface area contributed by atoms with Crippen molar-refractivity contribution in [1.29, 1.82) is 0 Å². The first-order valence-corrected chi connectivity index (χ1v) is 5.79. The Kier molecular flexibility index (Phi) is 3.69. The first-order chi connectivity index (χ1) is 8.56. The molecule has 1 fully saturated rings. The first kappa shape index (κ1) is 12.7. The Morgan fingerprint density at radius 3 is 2.83 bits per heavy atom. The van der Waals surface area contributed by atoms with Crippen LogP contribution in [0.15, 0.2) is 18.2 Å². The van der Waals surface area contributed by atoms with E-state index in [0.717, 1.165) is 18.2 Å². The fourth-order valence-corrected chi connectivity index (χ4v) is 2.00. The molecule has 0 spiro atoms. The number of nitrogens with zero attached hydrogens (tertiary/aromatic N) is 1. The molecule has 1 saturated heterocycles. The molecule has 1 amide bonds. The van der Waals surface area contributed by atoms with Crippen molar-refractivity contribution < 1.29 is 18.4 Å². The van der Waals surface area contributed by atoms with Crippen LogP contribution in [0.5, 0.6) is 0 Å². The Balaban J connectivity index is 2.06. The molecule has 5 heteroatoms. The molecular formula is C13H13F2NO2. The topological polar surface area (TPSA) is 37.4 Å². The lowest BCUT2D eigenvalue weighted by Crippen LogP contribution is -2.41. The Hall–Kier alpha value is -1.78. The molecule has 0 radical (unpaired) electrons. The molecule has 1 aromatic carbocycles. The molecule has 0 aliphatic carbocycles. The van der Waals surface area contributed by atoms with Crippen LogP contribution in [0.25, 0.3) is 0 Å².